The van der Waals surface area contributed by atoms with E-state index < -0.39 is 17.6 Å². The van der Waals surface area contributed by atoms with Crippen molar-refractivity contribution in [3.8, 4) is 0 Å². The summed E-state index contributed by atoms with van der Waals surface area (Å²) in [5.74, 6) is -0.841. The molecule has 1 N–H and O–H groups in total. The van der Waals surface area contributed by atoms with E-state index in [1.54, 1.807) is 19.0 Å². The van der Waals surface area contributed by atoms with Crippen LogP contribution < -0.4 is 0 Å². The summed E-state index contributed by atoms with van der Waals surface area (Å²) in [7, 11) is 3.50. The standard InChI is InChI=1S/C12H20N2O4/c1-4-9-18-11(17)14-7-5-12(6-8-14,10(15)16)13(2)3/h4H,1,5-9H2,2-3H3,(H,15,16). The number of carboxylic acids is 1. The Hall–Kier alpha value is -1.56. The molecule has 0 aliphatic carbocycles. The third-order valence-corrected chi connectivity index (χ3v) is 3.43. The van der Waals surface area contributed by atoms with Crippen LogP contribution in [-0.2, 0) is 9.53 Å². The quantitative estimate of drug-likeness (QED) is 0.753. The number of nitrogens with zero attached hydrogens (tertiary/aromatic N) is 2. The lowest BCUT2D eigenvalue weighted by atomic mass is 9.86. The number of rotatable bonds is 4. The average Bonchev–Trinajstić information content (AvgIpc) is 2.35. The molecule has 0 saturated carbocycles. The summed E-state index contributed by atoms with van der Waals surface area (Å²) in [6.07, 6.45) is 1.90. The first kappa shape index (κ1) is 14.5. The van der Waals surface area contributed by atoms with Gasteiger partial charge in [-0.3, -0.25) is 9.69 Å². The van der Waals surface area contributed by atoms with Crippen molar-refractivity contribution in [2.75, 3.05) is 33.8 Å². The maximum absolute atomic E-state index is 11.6. The van der Waals surface area contributed by atoms with Gasteiger partial charge in [-0.15, -0.1) is 0 Å². The SMILES string of the molecule is C=CCOC(=O)N1CCC(C(=O)O)(N(C)C)CC1. The van der Waals surface area contributed by atoms with Gasteiger partial charge in [-0.05, 0) is 26.9 Å². The van der Waals surface area contributed by atoms with E-state index in [1.807, 2.05) is 0 Å². The Balaban J connectivity index is 2.61. The number of carbonyl (C=O) groups is 2. The van der Waals surface area contributed by atoms with Crippen molar-refractivity contribution in [2.24, 2.45) is 0 Å². The smallest absolute Gasteiger partial charge is 0.410 e. The van der Waals surface area contributed by atoms with Gasteiger partial charge in [0.25, 0.3) is 0 Å². The van der Waals surface area contributed by atoms with E-state index in [-0.39, 0.29) is 6.61 Å². The van der Waals surface area contributed by atoms with Crippen LogP contribution in [0.15, 0.2) is 12.7 Å². The van der Waals surface area contributed by atoms with E-state index in [9.17, 15) is 14.7 Å². The summed E-state index contributed by atoms with van der Waals surface area (Å²) in [5, 5.41) is 9.34. The third-order valence-electron chi connectivity index (χ3n) is 3.43. The largest absolute Gasteiger partial charge is 0.480 e. The highest BCUT2D eigenvalue weighted by Crippen LogP contribution is 2.27. The van der Waals surface area contributed by atoms with Crippen molar-refractivity contribution >= 4 is 12.1 Å². The molecule has 0 aromatic rings. The fourth-order valence-electron chi connectivity index (χ4n) is 2.13. The molecule has 0 spiro atoms. The molecule has 1 saturated heterocycles. The highest BCUT2D eigenvalue weighted by atomic mass is 16.6. The van der Waals surface area contributed by atoms with Crippen molar-refractivity contribution in [3.05, 3.63) is 12.7 Å². The van der Waals surface area contributed by atoms with Gasteiger partial charge in [0.2, 0.25) is 0 Å². The van der Waals surface area contributed by atoms with Gasteiger partial charge in [-0.25, -0.2) is 4.79 Å². The molecule has 1 amide bonds. The molecule has 0 bridgehead atoms. The Bertz CT molecular complexity index is 333. The van der Waals surface area contributed by atoms with Gasteiger partial charge in [0.1, 0.15) is 12.1 Å². The zero-order valence-corrected chi connectivity index (χ0v) is 10.9. The Labute approximate surface area is 107 Å². The van der Waals surface area contributed by atoms with Crippen LogP contribution in [-0.4, -0.2) is 66.3 Å². The summed E-state index contributed by atoms with van der Waals surface area (Å²) in [5.41, 5.74) is -0.880. The molecule has 6 heteroatoms. The lowest BCUT2D eigenvalue weighted by molar-refractivity contribution is -0.153. The van der Waals surface area contributed by atoms with Crippen molar-refractivity contribution in [3.63, 3.8) is 0 Å². The summed E-state index contributed by atoms with van der Waals surface area (Å²) in [6.45, 7) is 4.42. The molecule has 1 heterocycles. The van der Waals surface area contributed by atoms with E-state index in [0.29, 0.717) is 25.9 Å². The van der Waals surface area contributed by atoms with Gasteiger partial charge in [0.15, 0.2) is 0 Å². The Morgan fingerprint density at radius 1 is 1.44 bits per heavy atom. The van der Waals surface area contributed by atoms with Crippen molar-refractivity contribution < 1.29 is 19.4 Å². The Morgan fingerprint density at radius 3 is 2.39 bits per heavy atom. The number of likely N-dealkylation sites (tertiary alicyclic amines) is 1. The number of aliphatic carboxylic acids is 1. The van der Waals surface area contributed by atoms with Gasteiger partial charge in [0.05, 0.1) is 0 Å². The van der Waals surface area contributed by atoms with Crippen LogP contribution in [0.4, 0.5) is 4.79 Å². The van der Waals surface area contributed by atoms with Crippen LogP contribution in [0.1, 0.15) is 12.8 Å². The first-order valence-corrected chi connectivity index (χ1v) is 5.87. The van der Waals surface area contributed by atoms with Gasteiger partial charge in [0, 0.05) is 13.1 Å². The third kappa shape index (κ3) is 2.81. The molecular weight excluding hydrogens is 236 g/mol. The van der Waals surface area contributed by atoms with Gasteiger partial charge in [-0.2, -0.15) is 0 Å². The first-order chi connectivity index (χ1) is 8.44. The predicted molar refractivity (Wildman–Crippen MR) is 66.4 cm³/mol. The number of amides is 1. The molecule has 1 fully saturated rings. The maximum Gasteiger partial charge on any atom is 0.410 e. The molecule has 0 unspecified atom stereocenters. The zero-order chi connectivity index (χ0) is 13.8. The minimum atomic E-state index is -0.880. The summed E-state index contributed by atoms with van der Waals surface area (Å²) in [6, 6.07) is 0. The number of piperidine rings is 1. The minimum Gasteiger partial charge on any atom is -0.480 e. The number of carbonyl (C=O) groups excluding carboxylic acids is 1. The lowest BCUT2D eigenvalue weighted by Gasteiger charge is -2.42. The molecule has 0 radical (unpaired) electrons. The van der Waals surface area contributed by atoms with E-state index in [2.05, 4.69) is 6.58 Å². The van der Waals surface area contributed by atoms with Gasteiger partial charge in [-0.1, -0.05) is 12.7 Å². The highest BCUT2D eigenvalue weighted by Gasteiger charge is 2.44. The number of hydrogen-bond donors (Lipinski definition) is 1. The van der Waals surface area contributed by atoms with E-state index >= 15 is 0 Å². The highest BCUT2D eigenvalue weighted by molar-refractivity contribution is 5.79. The fourth-order valence-corrected chi connectivity index (χ4v) is 2.13. The van der Waals surface area contributed by atoms with Crippen LogP contribution in [0.25, 0.3) is 0 Å². The molecule has 0 atom stereocenters. The van der Waals surface area contributed by atoms with Gasteiger partial charge >= 0.3 is 12.1 Å². The second kappa shape index (κ2) is 5.86. The van der Waals surface area contributed by atoms with E-state index in [0.717, 1.165) is 0 Å². The molecule has 1 aliphatic rings. The molecule has 6 nitrogen and oxygen atoms in total. The normalized spacial score (nSPS) is 18.5. The molecule has 1 aliphatic heterocycles. The van der Waals surface area contributed by atoms with Crippen molar-refractivity contribution in [1.82, 2.24) is 9.80 Å². The second-order valence-electron chi connectivity index (χ2n) is 4.58. The molecule has 1 rings (SSSR count). The monoisotopic (exact) mass is 256 g/mol. The molecule has 102 valence electrons. The lowest BCUT2D eigenvalue weighted by Crippen LogP contribution is -2.58. The van der Waals surface area contributed by atoms with Crippen LogP contribution in [0.5, 0.6) is 0 Å². The van der Waals surface area contributed by atoms with E-state index in [4.69, 9.17) is 4.74 Å². The molecule has 0 aromatic carbocycles. The van der Waals surface area contributed by atoms with Crippen LogP contribution in [0.3, 0.4) is 0 Å². The van der Waals surface area contributed by atoms with E-state index in [1.165, 1.54) is 11.0 Å². The molecule has 0 aromatic heterocycles. The minimum absolute atomic E-state index is 0.174. The van der Waals surface area contributed by atoms with Crippen molar-refractivity contribution in [1.29, 1.82) is 0 Å². The fraction of sp³-hybridized carbons (Fsp3) is 0.667. The number of ether oxygens (including phenoxy) is 1. The summed E-state index contributed by atoms with van der Waals surface area (Å²) >= 11 is 0. The average molecular weight is 256 g/mol. The molecule has 18 heavy (non-hydrogen) atoms. The summed E-state index contributed by atoms with van der Waals surface area (Å²) < 4.78 is 4.93. The first-order valence-electron chi connectivity index (χ1n) is 5.87. The topological polar surface area (TPSA) is 70.1 Å². The number of carboxylic acid groups (broad SMARTS) is 1. The predicted octanol–water partition coefficient (Wildman–Crippen LogP) is 0.790. The summed E-state index contributed by atoms with van der Waals surface area (Å²) in [4.78, 5) is 26.2. The zero-order valence-electron chi connectivity index (χ0n) is 10.9. The van der Waals surface area contributed by atoms with Crippen LogP contribution in [0.2, 0.25) is 0 Å². The Kier molecular flexibility index (Phi) is 4.72. The number of hydrogen-bond acceptors (Lipinski definition) is 4. The van der Waals surface area contributed by atoms with Crippen LogP contribution >= 0.6 is 0 Å². The maximum atomic E-state index is 11.6. The number of likely N-dealkylation sites (N-methyl/N-ethyl adjacent to an activating group) is 1. The van der Waals surface area contributed by atoms with Crippen molar-refractivity contribution in [2.45, 2.75) is 18.4 Å². The van der Waals surface area contributed by atoms with Gasteiger partial charge < -0.3 is 14.7 Å². The second-order valence-corrected chi connectivity index (χ2v) is 4.58. The Morgan fingerprint density at radius 2 is 2.00 bits per heavy atom. The van der Waals surface area contributed by atoms with Crippen LogP contribution in [0, 0.1) is 0 Å². The molecular formula is C12H20N2O4.